The molecule has 0 radical (unpaired) electrons. The van der Waals surface area contributed by atoms with Crippen LogP contribution in [0.4, 0.5) is 11.5 Å². The molecule has 4 aromatic rings. The third-order valence-electron chi connectivity index (χ3n) is 4.47. The molecule has 0 aliphatic carbocycles. The monoisotopic (exact) mass is 409 g/mol. The summed E-state index contributed by atoms with van der Waals surface area (Å²) >= 11 is 6.29. The summed E-state index contributed by atoms with van der Waals surface area (Å²) in [6, 6.07) is 11.8. The van der Waals surface area contributed by atoms with Crippen LogP contribution in [0.3, 0.4) is 0 Å². The fourth-order valence-electron chi connectivity index (χ4n) is 3.11. The lowest BCUT2D eigenvalue weighted by molar-refractivity contribution is -0.388. The van der Waals surface area contributed by atoms with Crippen molar-refractivity contribution >= 4 is 34.1 Å². The summed E-state index contributed by atoms with van der Waals surface area (Å²) < 4.78 is 7.84. The minimum absolute atomic E-state index is 0.0767. The molecule has 4 rings (SSSR count). The van der Waals surface area contributed by atoms with E-state index < -0.39 is 4.92 Å². The van der Waals surface area contributed by atoms with Gasteiger partial charge < -0.3 is 24.7 Å². The number of anilines is 1. The molecule has 29 heavy (non-hydrogen) atoms. The number of pyridine rings is 2. The smallest absolute Gasteiger partial charge is 0.388 e. The van der Waals surface area contributed by atoms with Gasteiger partial charge in [0.15, 0.2) is 17.6 Å². The minimum atomic E-state index is -0.606. The molecule has 3 aromatic heterocycles. The summed E-state index contributed by atoms with van der Waals surface area (Å²) in [5.74, 6) is 0.281. The Labute approximate surface area is 170 Å². The van der Waals surface area contributed by atoms with E-state index >= 15 is 0 Å². The normalized spacial score (nSPS) is 10.9. The zero-order valence-corrected chi connectivity index (χ0v) is 16.3. The Morgan fingerprint density at radius 3 is 2.66 bits per heavy atom. The molecule has 3 heterocycles. The number of aryl methyl sites for hydroxylation is 1. The summed E-state index contributed by atoms with van der Waals surface area (Å²) in [7, 11) is 1.53. The number of rotatable bonds is 5. The van der Waals surface area contributed by atoms with Gasteiger partial charge in [0.1, 0.15) is 16.4 Å². The zero-order chi connectivity index (χ0) is 20.5. The maximum Gasteiger partial charge on any atom is 0.388 e. The van der Waals surface area contributed by atoms with Gasteiger partial charge in [-0.25, -0.2) is 4.98 Å². The van der Waals surface area contributed by atoms with Gasteiger partial charge in [0.25, 0.3) is 0 Å². The largest absolute Gasteiger partial charge is 0.450 e. The number of benzene rings is 1. The third kappa shape index (κ3) is 3.34. The summed E-state index contributed by atoms with van der Waals surface area (Å²) in [6.07, 6.45) is 4.82. The third-order valence-corrected chi connectivity index (χ3v) is 4.84. The van der Waals surface area contributed by atoms with Crippen molar-refractivity contribution in [1.82, 2.24) is 14.5 Å². The highest BCUT2D eigenvalue weighted by Gasteiger charge is 2.23. The van der Waals surface area contributed by atoms with Crippen LogP contribution in [0.5, 0.6) is 11.5 Å². The number of fused-ring (bicyclic) bond motifs is 1. The van der Waals surface area contributed by atoms with Gasteiger partial charge in [-0.15, -0.1) is 0 Å². The molecule has 9 heteroatoms. The second-order valence-electron chi connectivity index (χ2n) is 6.30. The van der Waals surface area contributed by atoms with Crippen LogP contribution in [0, 0.1) is 17.0 Å². The zero-order valence-electron chi connectivity index (χ0n) is 15.6. The van der Waals surface area contributed by atoms with Crippen molar-refractivity contribution in [3.8, 4) is 17.2 Å². The molecule has 1 N–H and O–H groups in total. The van der Waals surface area contributed by atoms with Crippen LogP contribution in [-0.4, -0.2) is 26.5 Å². The van der Waals surface area contributed by atoms with Crippen molar-refractivity contribution in [2.24, 2.45) is 0 Å². The van der Waals surface area contributed by atoms with Crippen LogP contribution in [0.2, 0.25) is 5.02 Å². The average Bonchev–Trinajstić information content (AvgIpc) is 3.06. The highest BCUT2D eigenvalue weighted by molar-refractivity contribution is 6.35. The predicted octanol–water partition coefficient (Wildman–Crippen LogP) is 5.12. The van der Waals surface area contributed by atoms with Gasteiger partial charge in [-0.05, 0) is 40.6 Å². The van der Waals surface area contributed by atoms with Crippen LogP contribution < -0.4 is 10.1 Å². The fourth-order valence-corrected chi connectivity index (χ4v) is 3.37. The molecule has 0 saturated carbocycles. The van der Waals surface area contributed by atoms with Crippen molar-refractivity contribution in [1.29, 1.82) is 0 Å². The predicted molar refractivity (Wildman–Crippen MR) is 111 cm³/mol. The van der Waals surface area contributed by atoms with Crippen molar-refractivity contribution in [3.05, 3.63) is 75.7 Å². The van der Waals surface area contributed by atoms with Gasteiger partial charge in [0.2, 0.25) is 0 Å². The number of hydrogen-bond acceptors (Lipinski definition) is 6. The Bertz CT molecular complexity index is 1220. The topological polar surface area (TPSA) is 95.1 Å². The fraction of sp³-hybridized carbons (Fsp3) is 0.100. The van der Waals surface area contributed by atoms with Crippen LogP contribution >= 0.6 is 11.6 Å². The Balaban J connectivity index is 1.73. The van der Waals surface area contributed by atoms with Gasteiger partial charge in [-0.3, -0.25) is 0 Å². The number of nitro groups is 1. The first-order valence-electron chi connectivity index (χ1n) is 8.71. The van der Waals surface area contributed by atoms with Gasteiger partial charge >= 0.3 is 5.82 Å². The maximum atomic E-state index is 11.1. The minimum Gasteiger partial charge on any atom is -0.450 e. The number of aromatic nitrogens is 3. The van der Waals surface area contributed by atoms with Crippen LogP contribution in [-0.2, 0) is 0 Å². The highest BCUT2D eigenvalue weighted by atomic mass is 35.5. The molecular formula is C20H16ClN5O3. The number of para-hydroxylation sites is 1. The molecular weight excluding hydrogens is 394 g/mol. The molecule has 0 spiro atoms. The first-order valence-corrected chi connectivity index (χ1v) is 9.09. The number of nitrogens with zero attached hydrogens (tertiary/aromatic N) is 4. The maximum absolute atomic E-state index is 11.1. The van der Waals surface area contributed by atoms with E-state index in [-0.39, 0.29) is 22.3 Å². The lowest BCUT2D eigenvalue weighted by atomic mass is 10.2. The molecule has 0 aliphatic rings. The molecule has 8 nitrogen and oxygen atoms in total. The number of halogens is 1. The van der Waals surface area contributed by atoms with E-state index in [1.807, 2.05) is 54.1 Å². The van der Waals surface area contributed by atoms with Gasteiger partial charge in [0, 0.05) is 24.3 Å². The first kappa shape index (κ1) is 18.7. The molecule has 0 fully saturated rings. The number of ether oxygens (including phenoxy) is 1. The second-order valence-corrected chi connectivity index (χ2v) is 6.68. The lowest BCUT2D eigenvalue weighted by Gasteiger charge is -2.10. The summed E-state index contributed by atoms with van der Waals surface area (Å²) in [6.45, 7) is 1.99. The Morgan fingerprint density at radius 1 is 1.21 bits per heavy atom. The van der Waals surface area contributed by atoms with E-state index in [4.69, 9.17) is 16.3 Å². The molecule has 0 saturated heterocycles. The molecule has 1 aromatic carbocycles. The van der Waals surface area contributed by atoms with Crippen molar-refractivity contribution in [2.45, 2.75) is 6.92 Å². The van der Waals surface area contributed by atoms with E-state index in [0.29, 0.717) is 5.75 Å². The molecule has 0 aliphatic heterocycles. The number of hydrogen-bond donors (Lipinski definition) is 1. The van der Waals surface area contributed by atoms with Crippen LogP contribution in [0.25, 0.3) is 16.7 Å². The molecule has 0 bridgehead atoms. The lowest BCUT2D eigenvalue weighted by Crippen LogP contribution is -2.01. The highest BCUT2D eigenvalue weighted by Crippen LogP contribution is 2.39. The van der Waals surface area contributed by atoms with Crippen molar-refractivity contribution in [2.75, 3.05) is 12.4 Å². The molecule has 0 atom stereocenters. The number of nitrogens with one attached hydrogen (secondary N) is 1. The van der Waals surface area contributed by atoms with E-state index in [1.165, 1.54) is 13.2 Å². The summed E-state index contributed by atoms with van der Waals surface area (Å²) in [5, 5.41) is 14.8. The van der Waals surface area contributed by atoms with E-state index in [0.717, 1.165) is 22.3 Å². The van der Waals surface area contributed by atoms with Crippen molar-refractivity contribution in [3.63, 3.8) is 0 Å². The molecule has 0 amide bonds. The van der Waals surface area contributed by atoms with E-state index in [2.05, 4.69) is 15.3 Å². The van der Waals surface area contributed by atoms with Crippen LogP contribution in [0.1, 0.15) is 5.56 Å². The van der Waals surface area contributed by atoms with Gasteiger partial charge in [-0.1, -0.05) is 29.8 Å². The van der Waals surface area contributed by atoms with Gasteiger partial charge in [0.05, 0.1) is 6.20 Å². The van der Waals surface area contributed by atoms with Crippen molar-refractivity contribution < 1.29 is 9.66 Å². The second kappa shape index (κ2) is 7.40. The summed E-state index contributed by atoms with van der Waals surface area (Å²) in [4.78, 5) is 18.9. The van der Waals surface area contributed by atoms with E-state index in [9.17, 15) is 10.1 Å². The first-order chi connectivity index (χ1) is 14.0. The Kier molecular flexibility index (Phi) is 4.77. The summed E-state index contributed by atoms with van der Waals surface area (Å²) in [5.41, 5.74) is 2.93. The quantitative estimate of drug-likeness (QED) is 0.363. The molecule has 0 unspecified atom stereocenters. The Morgan fingerprint density at radius 2 is 1.97 bits per heavy atom. The van der Waals surface area contributed by atoms with E-state index in [1.54, 1.807) is 6.20 Å². The van der Waals surface area contributed by atoms with Crippen LogP contribution in [0.15, 0.2) is 55.0 Å². The standard InChI is InChI=1S/C20H16ClN5O3/c1-12-11-25(13-6-4-3-5-7-13)19-15(12)8-14(9-23-19)29-16-10-24-20(26(27)28)18(22-2)17(16)21/h3-11,22H,1-2H3. The molecule has 146 valence electrons. The Hall–Kier alpha value is -3.65. The average molecular weight is 410 g/mol. The van der Waals surface area contributed by atoms with Gasteiger partial charge in [-0.2, -0.15) is 0 Å². The SMILES string of the molecule is CNc1c([N+](=O)[O-])ncc(Oc2cnc3c(c2)c(C)cn3-c2ccccc2)c1Cl.